The van der Waals surface area contributed by atoms with Crippen molar-refractivity contribution in [3.8, 4) is 5.75 Å². The van der Waals surface area contributed by atoms with Crippen molar-refractivity contribution >= 4 is 27.8 Å². The number of aliphatic carboxylic acids is 1. The first-order valence-electron chi connectivity index (χ1n) is 11.5. The van der Waals surface area contributed by atoms with Crippen molar-refractivity contribution < 1.29 is 45.0 Å². The van der Waals surface area contributed by atoms with Gasteiger partial charge in [-0.1, -0.05) is 23.8 Å². The number of hydrogen-bond acceptors (Lipinski definition) is 4. The van der Waals surface area contributed by atoms with Gasteiger partial charge >= 0.3 is 12.1 Å². The van der Waals surface area contributed by atoms with Crippen LogP contribution in [0.2, 0.25) is 0 Å². The highest BCUT2D eigenvalue weighted by Gasteiger charge is 2.37. The van der Waals surface area contributed by atoms with Crippen molar-refractivity contribution in [1.29, 1.82) is 0 Å². The van der Waals surface area contributed by atoms with E-state index in [4.69, 9.17) is 9.84 Å². The minimum Gasteiger partial charge on any atom is -0.486 e. The van der Waals surface area contributed by atoms with Gasteiger partial charge < -0.3 is 9.84 Å². The summed E-state index contributed by atoms with van der Waals surface area (Å²) < 4.78 is 101. The molecular weight excluding hydrogens is 521 g/mol. The summed E-state index contributed by atoms with van der Waals surface area (Å²) in [5.74, 6) is -3.71. The first-order valence-corrected chi connectivity index (χ1v) is 13.0. The minimum absolute atomic E-state index is 0.0244. The lowest BCUT2D eigenvalue weighted by Crippen LogP contribution is -2.43. The molecule has 1 atom stereocenters. The van der Waals surface area contributed by atoms with Crippen molar-refractivity contribution in [3.63, 3.8) is 0 Å². The van der Waals surface area contributed by atoms with Gasteiger partial charge in [0.25, 0.3) is 10.0 Å². The number of carbonyl (C=O) groups is 1. The number of rotatable bonds is 6. The van der Waals surface area contributed by atoms with E-state index in [1.807, 2.05) is 0 Å². The number of fused-ring (bicyclic) bond motifs is 1. The molecule has 1 aliphatic heterocycles. The summed E-state index contributed by atoms with van der Waals surface area (Å²) in [7, 11) is -4.51. The van der Waals surface area contributed by atoms with Crippen molar-refractivity contribution in [2.24, 2.45) is 0 Å². The van der Waals surface area contributed by atoms with E-state index in [0.29, 0.717) is 11.6 Å². The van der Waals surface area contributed by atoms with Crippen molar-refractivity contribution in [2.75, 3.05) is 10.8 Å². The first kappa shape index (κ1) is 26.9. The Morgan fingerprint density at radius 2 is 1.84 bits per heavy atom. The molecular formula is C25H24F5NO5S. The quantitative estimate of drug-likeness (QED) is 0.443. The fourth-order valence-electron chi connectivity index (χ4n) is 4.36. The predicted molar refractivity (Wildman–Crippen MR) is 125 cm³/mol. The molecule has 37 heavy (non-hydrogen) atoms. The lowest BCUT2D eigenvalue weighted by molar-refractivity contribution is -0.138. The van der Waals surface area contributed by atoms with Crippen molar-refractivity contribution in [3.05, 3.63) is 59.2 Å². The smallest absolute Gasteiger partial charge is 0.416 e. The number of anilines is 1. The number of ether oxygens (including phenoxy) is 1. The zero-order valence-electron chi connectivity index (χ0n) is 19.5. The van der Waals surface area contributed by atoms with E-state index < -0.39 is 44.7 Å². The summed E-state index contributed by atoms with van der Waals surface area (Å²) >= 11 is 0. The van der Waals surface area contributed by atoms with Gasteiger partial charge in [0, 0.05) is 19.3 Å². The highest BCUT2D eigenvalue weighted by molar-refractivity contribution is 7.92. The van der Waals surface area contributed by atoms with Gasteiger partial charge in [0.2, 0.25) is 5.92 Å². The second kappa shape index (κ2) is 9.96. The van der Waals surface area contributed by atoms with Crippen LogP contribution in [0.1, 0.15) is 49.7 Å². The Bertz CT molecular complexity index is 1310. The van der Waals surface area contributed by atoms with Crippen LogP contribution in [-0.4, -0.2) is 38.1 Å². The molecule has 0 unspecified atom stereocenters. The summed E-state index contributed by atoms with van der Waals surface area (Å²) in [4.78, 5) is 10.5. The van der Waals surface area contributed by atoms with Gasteiger partial charge in [0.15, 0.2) is 0 Å². The fourth-order valence-corrected chi connectivity index (χ4v) is 5.90. The average molecular weight is 546 g/mol. The molecule has 200 valence electrons. The second-order valence-corrected chi connectivity index (χ2v) is 11.0. The molecule has 2 aromatic rings. The topological polar surface area (TPSA) is 83.9 Å². The largest absolute Gasteiger partial charge is 0.486 e. The summed E-state index contributed by atoms with van der Waals surface area (Å²) in [5, 5.41) is 9.03. The van der Waals surface area contributed by atoms with Gasteiger partial charge in [-0.05, 0) is 55.2 Å². The molecule has 1 N–H and O–H groups in total. The number of alkyl halides is 5. The van der Waals surface area contributed by atoms with Gasteiger partial charge in [-0.15, -0.1) is 0 Å². The van der Waals surface area contributed by atoms with Crippen LogP contribution in [-0.2, 0) is 21.0 Å². The molecule has 0 aromatic heterocycles. The van der Waals surface area contributed by atoms with E-state index in [0.717, 1.165) is 28.1 Å². The van der Waals surface area contributed by atoms with Gasteiger partial charge in [0.05, 0.1) is 22.7 Å². The third-order valence-corrected chi connectivity index (χ3v) is 8.11. The normalized spacial score (nSPS) is 19.6. The number of benzene rings is 2. The minimum atomic E-state index is -4.76. The van der Waals surface area contributed by atoms with E-state index in [9.17, 15) is 35.2 Å². The van der Waals surface area contributed by atoms with Crippen molar-refractivity contribution in [1.82, 2.24) is 0 Å². The molecule has 0 spiro atoms. The van der Waals surface area contributed by atoms with Gasteiger partial charge in [0.1, 0.15) is 11.9 Å². The Morgan fingerprint density at radius 1 is 1.14 bits per heavy atom. The fraction of sp³-hybridized carbons (Fsp3) is 0.400. The number of sulfonamides is 1. The van der Waals surface area contributed by atoms with E-state index in [-0.39, 0.29) is 56.5 Å². The zero-order valence-corrected chi connectivity index (χ0v) is 20.3. The number of carboxylic acid groups (broad SMARTS) is 1. The molecule has 0 bridgehead atoms. The first-order chi connectivity index (χ1) is 17.2. The number of carboxylic acids is 1. The van der Waals surface area contributed by atoms with Crippen LogP contribution in [0, 0.1) is 0 Å². The SMILES string of the molecule is O=C(O)CC[C@H]1CN(S(=O)(=O)c2cccc(C(F)(F)F)c2)c2cc(C=C3CCC(F)(F)CC3)ccc2O1. The Morgan fingerprint density at radius 3 is 2.49 bits per heavy atom. The number of nitrogens with zero attached hydrogens (tertiary/aromatic N) is 1. The van der Waals surface area contributed by atoms with Crippen LogP contribution < -0.4 is 9.04 Å². The molecule has 2 aliphatic rings. The molecule has 1 saturated carbocycles. The number of allylic oxidation sites excluding steroid dienone is 1. The molecule has 1 fully saturated rings. The average Bonchev–Trinajstić information content (AvgIpc) is 2.83. The van der Waals surface area contributed by atoms with Gasteiger partial charge in [-0.25, -0.2) is 17.2 Å². The van der Waals surface area contributed by atoms with Crippen LogP contribution in [0.3, 0.4) is 0 Å². The molecule has 0 saturated heterocycles. The van der Waals surface area contributed by atoms with Crippen molar-refractivity contribution in [2.45, 2.75) is 61.6 Å². The zero-order chi connectivity index (χ0) is 27.0. The van der Waals surface area contributed by atoms with E-state index in [2.05, 4.69) is 0 Å². The summed E-state index contributed by atoms with van der Waals surface area (Å²) in [5.41, 5.74) is 0.238. The lowest BCUT2D eigenvalue weighted by atomic mass is 9.90. The molecule has 0 amide bonds. The molecule has 6 nitrogen and oxygen atoms in total. The summed E-state index contributed by atoms with van der Waals surface area (Å²) in [6.07, 6.45) is -4.43. The summed E-state index contributed by atoms with van der Waals surface area (Å²) in [6, 6.07) is 7.95. The maximum atomic E-state index is 13.6. The van der Waals surface area contributed by atoms with Crippen LogP contribution in [0.4, 0.5) is 27.6 Å². The Labute approximate surface area is 210 Å². The second-order valence-electron chi connectivity index (χ2n) is 9.12. The predicted octanol–water partition coefficient (Wildman–Crippen LogP) is 6.12. The van der Waals surface area contributed by atoms with Crippen LogP contribution in [0.25, 0.3) is 6.08 Å². The van der Waals surface area contributed by atoms with E-state index in [1.165, 1.54) is 12.1 Å². The highest BCUT2D eigenvalue weighted by Crippen LogP contribution is 2.41. The lowest BCUT2D eigenvalue weighted by Gasteiger charge is -2.35. The monoisotopic (exact) mass is 545 g/mol. The molecule has 0 radical (unpaired) electrons. The standard InChI is InChI=1S/C25H24F5NO5S/c26-24(27)10-8-16(9-11-24)12-17-4-6-22-21(13-17)31(15-19(36-22)5-7-23(32)33)37(34,35)20-3-1-2-18(14-20)25(28,29)30/h1-4,6,12-14,19H,5,7-11,15H2,(H,32,33)/t19-/m0/s1. The molecule has 2 aromatic carbocycles. The molecule has 12 heteroatoms. The van der Waals surface area contributed by atoms with E-state index >= 15 is 0 Å². The number of halogens is 5. The van der Waals surface area contributed by atoms with Crippen LogP contribution in [0.15, 0.2) is 52.9 Å². The summed E-state index contributed by atoms with van der Waals surface area (Å²) in [6.45, 7) is -0.314. The Kier molecular flexibility index (Phi) is 7.24. The Balaban J connectivity index is 1.73. The third-order valence-electron chi connectivity index (χ3n) is 6.34. The van der Waals surface area contributed by atoms with Crippen LogP contribution >= 0.6 is 0 Å². The van der Waals surface area contributed by atoms with Gasteiger partial charge in [-0.3, -0.25) is 9.10 Å². The molecule has 1 heterocycles. The maximum Gasteiger partial charge on any atom is 0.416 e. The molecule has 4 rings (SSSR count). The molecule has 1 aliphatic carbocycles. The van der Waals surface area contributed by atoms with E-state index in [1.54, 1.807) is 12.1 Å². The highest BCUT2D eigenvalue weighted by atomic mass is 32.2. The maximum absolute atomic E-state index is 13.6. The third kappa shape index (κ3) is 6.23. The van der Waals surface area contributed by atoms with Crippen LogP contribution in [0.5, 0.6) is 5.75 Å². The van der Waals surface area contributed by atoms with Gasteiger partial charge in [-0.2, -0.15) is 13.2 Å². The Hall–Kier alpha value is -3.15. The number of hydrogen-bond donors (Lipinski definition) is 1.